The number of methoxy groups -OCH3 is 1. The number of sulfone groups is 1. The van der Waals surface area contributed by atoms with Crippen LogP contribution in [0.4, 0.5) is 0 Å². The molecule has 0 spiro atoms. The number of aromatic nitrogens is 2. The summed E-state index contributed by atoms with van der Waals surface area (Å²) in [4.78, 5) is 0. The lowest BCUT2D eigenvalue weighted by molar-refractivity contribution is 0.398. The van der Waals surface area contributed by atoms with Crippen molar-refractivity contribution in [2.45, 2.75) is 19.5 Å². The molecule has 0 radical (unpaired) electrons. The van der Waals surface area contributed by atoms with Crippen LogP contribution in [0.15, 0.2) is 6.20 Å². The molecule has 0 saturated carbocycles. The second kappa shape index (κ2) is 5.50. The molecular formula is C10H19N3O3S. The highest BCUT2D eigenvalue weighted by Gasteiger charge is 2.23. The van der Waals surface area contributed by atoms with Crippen molar-refractivity contribution >= 4 is 9.84 Å². The second-order valence-corrected chi connectivity index (χ2v) is 6.03. The lowest BCUT2D eigenvalue weighted by atomic mass is 10.2. The molecule has 1 unspecified atom stereocenters. The maximum Gasteiger partial charge on any atom is 0.161 e. The third-order valence-corrected chi connectivity index (χ3v) is 3.45. The first-order valence-electron chi connectivity index (χ1n) is 5.37. The summed E-state index contributed by atoms with van der Waals surface area (Å²) < 4.78 is 29.7. The zero-order chi connectivity index (χ0) is 13.1. The van der Waals surface area contributed by atoms with Crippen LogP contribution in [0, 0.1) is 0 Å². The fourth-order valence-electron chi connectivity index (χ4n) is 1.74. The van der Waals surface area contributed by atoms with Gasteiger partial charge in [-0.15, -0.1) is 0 Å². The molecule has 1 N–H and O–H groups in total. The third-order valence-electron chi connectivity index (χ3n) is 2.51. The van der Waals surface area contributed by atoms with Gasteiger partial charge in [-0.3, -0.25) is 4.68 Å². The third kappa shape index (κ3) is 3.44. The Labute approximate surface area is 102 Å². The van der Waals surface area contributed by atoms with Gasteiger partial charge in [0.15, 0.2) is 5.75 Å². The summed E-state index contributed by atoms with van der Waals surface area (Å²) in [6, 6.07) is -0.317. The molecule has 0 aliphatic carbocycles. The predicted octanol–water partition coefficient (Wildman–Crippen LogP) is 0.217. The number of ether oxygens (including phenoxy) is 1. The highest BCUT2D eigenvalue weighted by atomic mass is 32.2. The molecule has 1 aromatic rings. The quantitative estimate of drug-likeness (QED) is 0.793. The lowest BCUT2D eigenvalue weighted by Crippen LogP contribution is -2.27. The van der Waals surface area contributed by atoms with Gasteiger partial charge in [0.2, 0.25) is 0 Å². The molecule has 1 aromatic heterocycles. The summed E-state index contributed by atoms with van der Waals surface area (Å²) in [6.07, 6.45) is 2.82. The van der Waals surface area contributed by atoms with Crippen molar-refractivity contribution in [3.63, 3.8) is 0 Å². The standard InChI is InChI=1S/C10H19N3O3S/c1-5-13-10(9(16-3)6-12-13)8(11-2)7-17(4,14)15/h6,8,11H,5,7H2,1-4H3. The number of hydrogen-bond donors (Lipinski definition) is 1. The Hall–Kier alpha value is -1.08. The molecule has 7 heteroatoms. The summed E-state index contributed by atoms with van der Waals surface area (Å²) in [7, 11) is 0.203. The minimum absolute atomic E-state index is 0.0194. The van der Waals surface area contributed by atoms with E-state index in [0.29, 0.717) is 12.3 Å². The highest BCUT2D eigenvalue weighted by molar-refractivity contribution is 7.90. The Balaban J connectivity index is 3.13. The molecule has 0 aliphatic heterocycles. The van der Waals surface area contributed by atoms with Gasteiger partial charge in [0.25, 0.3) is 0 Å². The minimum Gasteiger partial charge on any atom is -0.493 e. The van der Waals surface area contributed by atoms with E-state index in [-0.39, 0.29) is 11.8 Å². The molecule has 0 amide bonds. The van der Waals surface area contributed by atoms with Crippen molar-refractivity contribution in [2.75, 3.05) is 26.2 Å². The van der Waals surface area contributed by atoms with Crippen LogP contribution in [-0.2, 0) is 16.4 Å². The van der Waals surface area contributed by atoms with E-state index in [4.69, 9.17) is 4.74 Å². The first kappa shape index (κ1) is 14.0. The van der Waals surface area contributed by atoms with Gasteiger partial charge in [-0.1, -0.05) is 0 Å². The van der Waals surface area contributed by atoms with Crippen LogP contribution in [0.1, 0.15) is 18.7 Å². The molecule has 0 aliphatic rings. The topological polar surface area (TPSA) is 73.2 Å². The van der Waals surface area contributed by atoms with Crippen molar-refractivity contribution in [3.05, 3.63) is 11.9 Å². The summed E-state index contributed by atoms with van der Waals surface area (Å²) in [5.74, 6) is 0.626. The van der Waals surface area contributed by atoms with Gasteiger partial charge < -0.3 is 10.1 Å². The largest absolute Gasteiger partial charge is 0.493 e. The van der Waals surface area contributed by atoms with Crippen molar-refractivity contribution in [1.82, 2.24) is 15.1 Å². The van der Waals surface area contributed by atoms with Crippen LogP contribution < -0.4 is 10.1 Å². The zero-order valence-electron chi connectivity index (χ0n) is 10.6. The number of aryl methyl sites for hydroxylation is 1. The van der Waals surface area contributed by atoms with Gasteiger partial charge >= 0.3 is 0 Å². The van der Waals surface area contributed by atoms with E-state index in [1.165, 1.54) is 6.26 Å². The Morgan fingerprint density at radius 1 is 1.59 bits per heavy atom. The Morgan fingerprint density at radius 2 is 2.24 bits per heavy atom. The van der Waals surface area contributed by atoms with Gasteiger partial charge in [-0.2, -0.15) is 5.10 Å². The molecule has 98 valence electrons. The summed E-state index contributed by atoms with van der Waals surface area (Å²) in [5.41, 5.74) is 0.767. The SMILES string of the molecule is CCn1ncc(OC)c1C(CS(C)(=O)=O)NC. The summed E-state index contributed by atoms with van der Waals surface area (Å²) in [5, 5.41) is 7.15. The van der Waals surface area contributed by atoms with E-state index in [9.17, 15) is 8.42 Å². The number of hydrogen-bond acceptors (Lipinski definition) is 5. The van der Waals surface area contributed by atoms with E-state index in [1.54, 1.807) is 25.0 Å². The van der Waals surface area contributed by atoms with Crippen LogP contribution >= 0.6 is 0 Å². The van der Waals surface area contributed by atoms with E-state index in [2.05, 4.69) is 10.4 Å². The van der Waals surface area contributed by atoms with Crippen molar-refractivity contribution in [3.8, 4) is 5.75 Å². The monoisotopic (exact) mass is 261 g/mol. The van der Waals surface area contributed by atoms with Gasteiger partial charge in [-0.05, 0) is 14.0 Å². The number of nitrogens with zero attached hydrogens (tertiary/aromatic N) is 2. The normalized spacial score (nSPS) is 13.6. The van der Waals surface area contributed by atoms with Gasteiger partial charge in [0.05, 0.1) is 30.8 Å². The van der Waals surface area contributed by atoms with Gasteiger partial charge in [0, 0.05) is 12.8 Å². The minimum atomic E-state index is -3.07. The van der Waals surface area contributed by atoms with Crippen molar-refractivity contribution in [1.29, 1.82) is 0 Å². The highest BCUT2D eigenvalue weighted by Crippen LogP contribution is 2.25. The first-order valence-corrected chi connectivity index (χ1v) is 7.43. The molecule has 0 aromatic carbocycles. The molecule has 1 rings (SSSR count). The maximum absolute atomic E-state index is 11.4. The van der Waals surface area contributed by atoms with Crippen LogP contribution in [0.25, 0.3) is 0 Å². The number of nitrogens with one attached hydrogen (secondary N) is 1. The second-order valence-electron chi connectivity index (χ2n) is 3.85. The van der Waals surface area contributed by atoms with E-state index in [0.717, 1.165) is 5.69 Å². The smallest absolute Gasteiger partial charge is 0.161 e. The first-order chi connectivity index (χ1) is 7.92. The molecular weight excluding hydrogens is 242 g/mol. The molecule has 0 bridgehead atoms. The predicted molar refractivity (Wildman–Crippen MR) is 66.0 cm³/mol. The summed E-state index contributed by atoms with van der Waals surface area (Å²) in [6.45, 7) is 2.61. The fourth-order valence-corrected chi connectivity index (χ4v) is 2.67. The van der Waals surface area contributed by atoms with E-state index < -0.39 is 9.84 Å². The van der Waals surface area contributed by atoms with Crippen molar-refractivity contribution in [2.24, 2.45) is 0 Å². The van der Waals surface area contributed by atoms with Crippen LogP contribution in [0.2, 0.25) is 0 Å². The average Bonchev–Trinajstić information content (AvgIpc) is 2.67. The van der Waals surface area contributed by atoms with Crippen LogP contribution in [0.3, 0.4) is 0 Å². The van der Waals surface area contributed by atoms with Gasteiger partial charge in [0.1, 0.15) is 9.84 Å². The molecule has 6 nitrogen and oxygen atoms in total. The molecule has 17 heavy (non-hydrogen) atoms. The zero-order valence-corrected chi connectivity index (χ0v) is 11.4. The van der Waals surface area contributed by atoms with E-state index >= 15 is 0 Å². The summed E-state index contributed by atoms with van der Waals surface area (Å²) >= 11 is 0. The van der Waals surface area contributed by atoms with Crippen LogP contribution in [0.5, 0.6) is 5.75 Å². The average molecular weight is 261 g/mol. The van der Waals surface area contributed by atoms with E-state index in [1.807, 2.05) is 6.92 Å². The van der Waals surface area contributed by atoms with Gasteiger partial charge in [-0.25, -0.2) is 8.42 Å². The molecule has 1 heterocycles. The Morgan fingerprint density at radius 3 is 2.65 bits per heavy atom. The molecule has 0 saturated heterocycles. The Bertz CT molecular complexity index is 446. The number of rotatable bonds is 6. The lowest BCUT2D eigenvalue weighted by Gasteiger charge is -2.17. The fraction of sp³-hybridized carbons (Fsp3) is 0.700. The molecule has 0 fully saturated rings. The molecule has 1 atom stereocenters. The Kier molecular flexibility index (Phi) is 4.53. The van der Waals surface area contributed by atoms with Crippen LogP contribution in [-0.4, -0.2) is 44.4 Å². The maximum atomic E-state index is 11.4. The van der Waals surface area contributed by atoms with Crippen molar-refractivity contribution < 1.29 is 13.2 Å².